The highest BCUT2D eigenvalue weighted by atomic mass is 14.9. The third-order valence-corrected chi connectivity index (χ3v) is 2.50. The van der Waals surface area contributed by atoms with Crippen LogP contribution in [-0.4, -0.2) is 11.5 Å². The Morgan fingerprint density at radius 1 is 1.38 bits per heavy atom. The number of nitrogens with zero attached hydrogens (tertiary/aromatic N) is 1. The summed E-state index contributed by atoms with van der Waals surface area (Å²) in [6.45, 7) is 5.20. The Morgan fingerprint density at radius 3 is 2.77 bits per heavy atom. The van der Waals surface area contributed by atoms with E-state index in [4.69, 9.17) is 0 Å². The maximum atomic E-state index is 4.41. The highest BCUT2D eigenvalue weighted by molar-refractivity contribution is 5.47. The third-order valence-electron chi connectivity index (χ3n) is 2.50. The van der Waals surface area contributed by atoms with Crippen molar-refractivity contribution in [3.05, 3.63) is 23.5 Å². The van der Waals surface area contributed by atoms with E-state index in [2.05, 4.69) is 29.4 Å². The average Bonchev–Trinajstić information content (AvgIpc) is 2.86. The van der Waals surface area contributed by atoms with Gasteiger partial charge in [0.2, 0.25) is 0 Å². The van der Waals surface area contributed by atoms with E-state index in [1.165, 1.54) is 18.5 Å². The van der Waals surface area contributed by atoms with E-state index in [-0.39, 0.29) is 0 Å². The molecule has 1 aromatic rings. The SMILES string of the molecule is Cc1ccc(NCC2CC2)c(C)n1. The average molecular weight is 176 g/mol. The van der Waals surface area contributed by atoms with Crippen LogP contribution in [0, 0.1) is 19.8 Å². The minimum Gasteiger partial charge on any atom is -0.383 e. The number of hydrogen-bond acceptors (Lipinski definition) is 2. The maximum absolute atomic E-state index is 4.41. The van der Waals surface area contributed by atoms with Gasteiger partial charge >= 0.3 is 0 Å². The first kappa shape index (κ1) is 8.54. The number of aryl methyl sites for hydroxylation is 2. The Hall–Kier alpha value is -1.05. The van der Waals surface area contributed by atoms with Gasteiger partial charge in [-0.25, -0.2) is 0 Å². The van der Waals surface area contributed by atoms with Crippen molar-refractivity contribution in [2.75, 3.05) is 11.9 Å². The molecule has 0 atom stereocenters. The van der Waals surface area contributed by atoms with Crippen molar-refractivity contribution in [2.45, 2.75) is 26.7 Å². The molecule has 0 saturated heterocycles. The molecule has 1 saturated carbocycles. The molecule has 70 valence electrons. The summed E-state index contributed by atoms with van der Waals surface area (Å²) in [6, 6.07) is 4.18. The number of aromatic nitrogens is 1. The van der Waals surface area contributed by atoms with Gasteiger partial charge in [-0.2, -0.15) is 0 Å². The van der Waals surface area contributed by atoms with Crippen LogP contribution < -0.4 is 5.32 Å². The topological polar surface area (TPSA) is 24.9 Å². The van der Waals surface area contributed by atoms with Gasteiger partial charge in [-0.05, 0) is 44.7 Å². The van der Waals surface area contributed by atoms with Crippen LogP contribution in [0.1, 0.15) is 24.2 Å². The molecular weight excluding hydrogens is 160 g/mol. The molecule has 0 aliphatic heterocycles. The zero-order valence-corrected chi connectivity index (χ0v) is 8.30. The third kappa shape index (κ3) is 2.20. The first-order valence-corrected chi connectivity index (χ1v) is 4.94. The van der Waals surface area contributed by atoms with Crippen molar-refractivity contribution in [3.8, 4) is 0 Å². The Bertz CT molecular complexity index is 303. The van der Waals surface area contributed by atoms with Crippen molar-refractivity contribution in [3.63, 3.8) is 0 Å². The lowest BCUT2D eigenvalue weighted by atomic mass is 10.2. The van der Waals surface area contributed by atoms with Crippen LogP contribution >= 0.6 is 0 Å². The molecule has 0 aromatic carbocycles. The van der Waals surface area contributed by atoms with Gasteiger partial charge in [-0.15, -0.1) is 0 Å². The fraction of sp³-hybridized carbons (Fsp3) is 0.545. The summed E-state index contributed by atoms with van der Waals surface area (Å²) in [6.07, 6.45) is 2.79. The number of anilines is 1. The first-order valence-electron chi connectivity index (χ1n) is 4.94. The van der Waals surface area contributed by atoms with E-state index in [1.807, 2.05) is 6.92 Å². The predicted octanol–water partition coefficient (Wildman–Crippen LogP) is 2.52. The second kappa shape index (κ2) is 3.36. The van der Waals surface area contributed by atoms with E-state index in [9.17, 15) is 0 Å². The first-order chi connectivity index (χ1) is 6.25. The number of rotatable bonds is 3. The zero-order valence-electron chi connectivity index (χ0n) is 8.30. The fourth-order valence-electron chi connectivity index (χ4n) is 1.45. The van der Waals surface area contributed by atoms with Gasteiger partial charge in [0.05, 0.1) is 11.4 Å². The molecule has 1 aliphatic rings. The van der Waals surface area contributed by atoms with Crippen LogP contribution in [0.2, 0.25) is 0 Å². The van der Waals surface area contributed by atoms with Crippen molar-refractivity contribution >= 4 is 5.69 Å². The molecule has 1 aliphatic carbocycles. The highest BCUT2D eigenvalue weighted by Crippen LogP contribution is 2.29. The molecular formula is C11H16N2. The summed E-state index contributed by atoms with van der Waals surface area (Å²) >= 11 is 0. The zero-order chi connectivity index (χ0) is 9.26. The van der Waals surface area contributed by atoms with Gasteiger partial charge in [-0.3, -0.25) is 4.98 Å². The number of pyridine rings is 1. The molecule has 2 nitrogen and oxygen atoms in total. The molecule has 1 aromatic heterocycles. The molecule has 0 bridgehead atoms. The Balaban J connectivity index is 2.01. The quantitative estimate of drug-likeness (QED) is 0.765. The van der Waals surface area contributed by atoms with Gasteiger partial charge in [0.15, 0.2) is 0 Å². The Labute approximate surface area is 79.4 Å². The molecule has 1 N–H and O–H groups in total. The molecule has 0 unspecified atom stereocenters. The van der Waals surface area contributed by atoms with Gasteiger partial charge < -0.3 is 5.32 Å². The lowest BCUT2D eigenvalue weighted by Crippen LogP contribution is -2.05. The van der Waals surface area contributed by atoms with Gasteiger partial charge in [-0.1, -0.05) is 0 Å². The highest BCUT2D eigenvalue weighted by Gasteiger charge is 2.20. The van der Waals surface area contributed by atoms with Crippen LogP contribution in [-0.2, 0) is 0 Å². The molecule has 13 heavy (non-hydrogen) atoms. The van der Waals surface area contributed by atoms with Crippen LogP contribution in [0.15, 0.2) is 12.1 Å². The molecule has 1 fully saturated rings. The minimum absolute atomic E-state index is 0.917. The van der Waals surface area contributed by atoms with Gasteiger partial charge in [0.25, 0.3) is 0 Å². The van der Waals surface area contributed by atoms with E-state index in [0.717, 1.165) is 23.9 Å². The van der Waals surface area contributed by atoms with Crippen LogP contribution in [0.5, 0.6) is 0 Å². The molecule has 2 heteroatoms. The fourth-order valence-corrected chi connectivity index (χ4v) is 1.45. The number of hydrogen-bond donors (Lipinski definition) is 1. The van der Waals surface area contributed by atoms with Crippen LogP contribution in [0.3, 0.4) is 0 Å². The number of nitrogens with one attached hydrogen (secondary N) is 1. The summed E-state index contributed by atoms with van der Waals surface area (Å²) in [4.78, 5) is 4.41. The standard InChI is InChI=1S/C11H16N2/c1-8-3-6-11(9(2)13-8)12-7-10-4-5-10/h3,6,10,12H,4-5,7H2,1-2H3. The van der Waals surface area contributed by atoms with Gasteiger partial charge in [0.1, 0.15) is 0 Å². The van der Waals surface area contributed by atoms with Crippen molar-refractivity contribution in [2.24, 2.45) is 5.92 Å². The van der Waals surface area contributed by atoms with E-state index in [1.54, 1.807) is 0 Å². The molecule has 0 amide bonds. The molecule has 2 rings (SSSR count). The minimum atomic E-state index is 0.917. The van der Waals surface area contributed by atoms with Crippen LogP contribution in [0.4, 0.5) is 5.69 Å². The molecule has 0 radical (unpaired) electrons. The summed E-state index contributed by atoms with van der Waals surface area (Å²) in [5, 5.41) is 3.44. The van der Waals surface area contributed by atoms with Gasteiger partial charge in [0, 0.05) is 12.2 Å². The normalized spacial score (nSPS) is 15.8. The smallest absolute Gasteiger partial charge is 0.0606 e. The second-order valence-corrected chi connectivity index (χ2v) is 3.91. The molecule has 1 heterocycles. The second-order valence-electron chi connectivity index (χ2n) is 3.91. The van der Waals surface area contributed by atoms with E-state index in [0.29, 0.717) is 0 Å². The predicted molar refractivity (Wildman–Crippen MR) is 54.9 cm³/mol. The maximum Gasteiger partial charge on any atom is 0.0606 e. The monoisotopic (exact) mass is 176 g/mol. The van der Waals surface area contributed by atoms with E-state index < -0.39 is 0 Å². The Morgan fingerprint density at radius 2 is 2.15 bits per heavy atom. The molecule has 0 spiro atoms. The van der Waals surface area contributed by atoms with Crippen molar-refractivity contribution < 1.29 is 0 Å². The van der Waals surface area contributed by atoms with E-state index >= 15 is 0 Å². The summed E-state index contributed by atoms with van der Waals surface area (Å²) in [5.74, 6) is 0.917. The lowest BCUT2D eigenvalue weighted by molar-refractivity contribution is 0.885. The van der Waals surface area contributed by atoms with Crippen molar-refractivity contribution in [1.29, 1.82) is 0 Å². The summed E-state index contributed by atoms with van der Waals surface area (Å²) in [5.41, 5.74) is 3.40. The van der Waals surface area contributed by atoms with Crippen LogP contribution in [0.25, 0.3) is 0 Å². The largest absolute Gasteiger partial charge is 0.383 e. The summed E-state index contributed by atoms with van der Waals surface area (Å²) in [7, 11) is 0. The Kier molecular flexibility index (Phi) is 2.21. The van der Waals surface area contributed by atoms with Crippen molar-refractivity contribution in [1.82, 2.24) is 4.98 Å². The summed E-state index contributed by atoms with van der Waals surface area (Å²) < 4.78 is 0. The lowest BCUT2D eigenvalue weighted by Gasteiger charge is -2.08.